The van der Waals surface area contributed by atoms with Gasteiger partial charge in [0.15, 0.2) is 6.10 Å². The van der Waals surface area contributed by atoms with Gasteiger partial charge in [0.25, 0.3) is 0 Å². The van der Waals surface area contributed by atoms with Crippen LogP contribution < -0.4 is 4.90 Å². The van der Waals surface area contributed by atoms with Crippen LogP contribution in [-0.2, 0) is 20.9 Å². The fourth-order valence-electron chi connectivity index (χ4n) is 4.52. The van der Waals surface area contributed by atoms with E-state index in [9.17, 15) is 27.9 Å². The maximum Gasteiger partial charge on any atom is 0.418 e. The molecule has 0 aromatic heterocycles. The second kappa shape index (κ2) is 8.58. The van der Waals surface area contributed by atoms with E-state index < -0.39 is 17.7 Å². The number of ether oxygens (including phenoxy) is 1. The first-order valence-electron chi connectivity index (χ1n) is 10.6. The average Bonchev–Trinajstić information content (AvgIpc) is 3.07. The minimum Gasteiger partial charge on any atom is -0.508 e. The molecule has 32 heavy (non-hydrogen) atoms. The summed E-state index contributed by atoms with van der Waals surface area (Å²) in [4.78, 5) is 26.2. The Balaban J connectivity index is 1.47. The van der Waals surface area contributed by atoms with Gasteiger partial charge in [-0.15, -0.1) is 0 Å². The molecule has 1 aliphatic heterocycles. The summed E-state index contributed by atoms with van der Waals surface area (Å²) in [7, 11) is 0. The number of carbonyl (C=O) groups is 2. The molecule has 1 atom stereocenters. The van der Waals surface area contributed by atoms with Gasteiger partial charge in [-0.25, -0.2) is 0 Å². The van der Waals surface area contributed by atoms with Gasteiger partial charge in [0, 0.05) is 25.1 Å². The second-order valence-electron chi connectivity index (χ2n) is 8.52. The number of aromatic hydroxyl groups is 1. The fourth-order valence-corrected chi connectivity index (χ4v) is 4.52. The van der Waals surface area contributed by atoms with Gasteiger partial charge in [0.2, 0.25) is 5.91 Å². The Labute approximate surface area is 183 Å². The monoisotopic (exact) mass is 447 g/mol. The quantitative estimate of drug-likeness (QED) is 0.694. The third-order valence-electron chi connectivity index (χ3n) is 6.44. The number of amides is 1. The molecule has 5 nitrogen and oxygen atoms in total. The molecule has 2 aromatic carbocycles. The smallest absolute Gasteiger partial charge is 0.418 e. The number of ketones is 1. The first-order chi connectivity index (χ1) is 15.2. The molecule has 170 valence electrons. The second-order valence-corrected chi connectivity index (χ2v) is 8.52. The number of carbonyl (C=O) groups excluding carboxylic acids is 2. The lowest BCUT2D eigenvalue weighted by Gasteiger charge is -2.31. The zero-order valence-electron chi connectivity index (χ0n) is 17.4. The predicted octanol–water partition coefficient (Wildman–Crippen LogP) is 5.08. The number of benzene rings is 2. The van der Waals surface area contributed by atoms with Gasteiger partial charge < -0.3 is 14.7 Å². The molecule has 2 aliphatic rings. The Kier molecular flexibility index (Phi) is 5.99. The molecular weight excluding hydrogens is 423 g/mol. The molecule has 1 saturated heterocycles. The number of hydrogen-bond acceptors (Lipinski definition) is 4. The van der Waals surface area contributed by atoms with E-state index in [1.54, 1.807) is 4.90 Å². The molecule has 1 amide bonds. The summed E-state index contributed by atoms with van der Waals surface area (Å²) in [5.74, 6) is 0.153. The summed E-state index contributed by atoms with van der Waals surface area (Å²) in [6.07, 6.45) is -4.17. The number of halogens is 3. The van der Waals surface area contributed by atoms with Crippen LogP contribution in [0.1, 0.15) is 49.3 Å². The van der Waals surface area contributed by atoms with Crippen molar-refractivity contribution in [2.45, 2.75) is 51.0 Å². The standard InChI is InChI=1S/C24H24F3NO4/c25-24(26,27)21(32-15-16-1-7-19(29)8-2-16)17-3-5-18(6-4-17)28-14-13-23(22(28)31)11-9-20(30)10-12-23/h1-8,21,29H,9-15H2. The average molecular weight is 447 g/mol. The van der Waals surface area contributed by atoms with Gasteiger partial charge >= 0.3 is 6.18 Å². The van der Waals surface area contributed by atoms with Crippen molar-refractivity contribution in [1.82, 2.24) is 0 Å². The van der Waals surface area contributed by atoms with Gasteiger partial charge in [-0.3, -0.25) is 9.59 Å². The van der Waals surface area contributed by atoms with Gasteiger partial charge in [-0.2, -0.15) is 13.2 Å². The molecule has 1 unspecified atom stereocenters. The van der Waals surface area contributed by atoms with Gasteiger partial charge in [0.1, 0.15) is 11.5 Å². The molecule has 4 rings (SSSR count). The summed E-state index contributed by atoms with van der Waals surface area (Å²) < 4.78 is 46.1. The SMILES string of the molecule is O=C1CCC2(CC1)CCN(c1ccc(C(OCc3ccc(O)cc3)C(F)(F)F)cc1)C2=O. The van der Waals surface area contributed by atoms with Crippen LogP contribution in [0.15, 0.2) is 48.5 Å². The third kappa shape index (κ3) is 4.50. The molecule has 8 heteroatoms. The van der Waals surface area contributed by atoms with E-state index >= 15 is 0 Å². The maximum atomic E-state index is 13.6. The van der Waals surface area contributed by atoms with Crippen molar-refractivity contribution < 1.29 is 32.6 Å². The van der Waals surface area contributed by atoms with Crippen molar-refractivity contribution in [1.29, 1.82) is 0 Å². The molecule has 1 spiro atoms. The number of hydrogen-bond donors (Lipinski definition) is 1. The fraction of sp³-hybridized carbons (Fsp3) is 0.417. The largest absolute Gasteiger partial charge is 0.508 e. The summed E-state index contributed by atoms with van der Waals surface area (Å²) in [5, 5.41) is 9.31. The molecule has 2 aromatic rings. The van der Waals surface area contributed by atoms with Crippen LogP contribution in [0.5, 0.6) is 5.75 Å². The number of phenols is 1. The lowest BCUT2D eigenvalue weighted by Crippen LogP contribution is -2.37. The molecular formula is C24H24F3NO4. The third-order valence-corrected chi connectivity index (χ3v) is 6.44. The Morgan fingerprint density at radius 2 is 1.59 bits per heavy atom. The van der Waals surface area contributed by atoms with Crippen LogP contribution >= 0.6 is 0 Å². The molecule has 0 radical (unpaired) electrons. The Hall–Kier alpha value is -2.87. The van der Waals surface area contributed by atoms with Crippen LogP contribution in [-0.4, -0.2) is 29.5 Å². The Morgan fingerprint density at radius 1 is 0.969 bits per heavy atom. The Bertz CT molecular complexity index is 976. The lowest BCUT2D eigenvalue weighted by atomic mass is 9.72. The van der Waals surface area contributed by atoms with Crippen molar-refractivity contribution in [3.05, 3.63) is 59.7 Å². The van der Waals surface area contributed by atoms with E-state index in [2.05, 4.69) is 0 Å². The van der Waals surface area contributed by atoms with Crippen molar-refractivity contribution in [2.24, 2.45) is 5.41 Å². The number of alkyl halides is 3. The van der Waals surface area contributed by atoms with Crippen molar-refractivity contribution in [2.75, 3.05) is 11.4 Å². The molecule has 0 bridgehead atoms. The zero-order valence-corrected chi connectivity index (χ0v) is 17.4. The number of phenolic OH excluding ortho intramolecular Hbond substituents is 1. The lowest BCUT2D eigenvalue weighted by molar-refractivity contribution is -0.227. The van der Waals surface area contributed by atoms with Crippen molar-refractivity contribution in [3.63, 3.8) is 0 Å². The highest BCUT2D eigenvalue weighted by atomic mass is 19.4. The van der Waals surface area contributed by atoms with Gasteiger partial charge in [-0.1, -0.05) is 24.3 Å². The zero-order chi connectivity index (χ0) is 22.9. The number of Topliss-reactive ketones (excluding diaryl/α,β-unsaturated/α-hetero) is 1. The summed E-state index contributed by atoms with van der Waals surface area (Å²) in [6.45, 7) is 0.227. The summed E-state index contributed by atoms with van der Waals surface area (Å²) in [5.41, 5.74) is 0.484. The molecule has 1 heterocycles. The molecule has 1 saturated carbocycles. The predicted molar refractivity (Wildman–Crippen MR) is 111 cm³/mol. The number of anilines is 1. The van der Waals surface area contributed by atoms with E-state index in [-0.39, 0.29) is 29.6 Å². The first kappa shape index (κ1) is 22.3. The Morgan fingerprint density at radius 3 is 2.19 bits per heavy atom. The first-order valence-corrected chi connectivity index (χ1v) is 10.6. The highest BCUT2D eigenvalue weighted by Crippen LogP contribution is 2.45. The van der Waals surface area contributed by atoms with E-state index in [1.165, 1.54) is 48.5 Å². The van der Waals surface area contributed by atoms with Crippen LogP contribution in [0.2, 0.25) is 0 Å². The normalized spacial score (nSPS) is 19.5. The van der Waals surface area contributed by atoms with Crippen LogP contribution in [0.3, 0.4) is 0 Å². The minimum atomic E-state index is -4.61. The highest BCUT2D eigenvalue weighted by Gasteiger charge is 2.48. The summed E-state index contributed by atoms with van der Waals surface area (Å²) >= 11 is 0. The van der Waals surface area contributed by atoms with E-state index in [1.807, 2.05) is 0 Å². The van der Waals surface area contributed by atoms with E-state index in [0.29, 0.717) is 49.9 Å². The number of rotatable bonds is 5. The molecule has 1 aliphatic carbocycles. The van der Waals surface area contributed by atoms with Gasteiger partial charge in [-0.05, 0) is 54.7 Å². The minimum absolute atomic E-state index is 0.0229. The van der Waals surface area contributed by atoms with Crippen LogP contribution in [0.25, 0.3) is 0 Å². The van der Waals surface area contributed by atoms with Crippen LogP contribution in [0, 0.1) is 5.41 Å². The molecule has 1 N–H and O–H groups in total. The highest BCUT2D eigenvalue weighted by molar-refractivity contribution is 6.01. The topological polar surface area (TPSA) is 66.8 Å². The molecule has 2 fully saturated rings. The maximum absolute atomic E-state index is 13.6. The van der Waals surface area contributed by atoms with E-state index in [0.717, 1.165) is 0 Å². The van der Waals surface area contributed by atoms with Gasteiger partial charge in [0.05, 0.1) is 12.0 Å². The van der Waals surface area contributed by atoms with Crippen molar-refractivity contribution >= 4 is 17.4 Å². The van der Waals surface area contributed by atoms with Crippen LogP contribution in [0.4, 0.5) is 18.9 Å². The van der Waals surface area contributed by atoms with E-state index in [4.69, 9.17) is 4.74 Å². The summed E-state index contributed by atoms with van der Waals surface area (Å²) in [6, 6.07) is 11.5. The van der Waals surface area contributed by atoms with Crippen molar-refractivity contribution in [3.8, 4) is 5.75 Å². The number of nitrogens with zero attached hydrogens (tertiary/aromatic N) is 1.